The van der Waals surface area contributed by atoms with Crippen LogP contribution in [0, 0.1) is 25.2 Å². The van der Waals surface area contributed by atoms with E-state index in [-0.39, 0.29) is 16.9 Å². The van der Waals surface area contributed by atoms with E-state index in [4.69, 9.17) is 10.5 Å². The van der Waals surface area contributed by atoms with E-state index in [1.807, 2.05) is 74.5 Å². The van der Waals surface area contributed by atoms with Gasteiger partial charge in [-0.15, -0.1) is 0 Å². The standard InChI is InChI=1S/C28H25N3O3/c1-18-8-12-21(13-9-18)28(33,22-14-10-19(2)11-15-22)23-6-4-5-7-24(23)31-17-20(16-29)25(30)26(31)27(32)34-3/h4-15,17,33H,30H2,1-3H3. The van der Waals surface area contributed by atoms with Crippen molar-refractivity contribution in [2.45, 2.75) is 19.4 Å². The molecule has 0 atom stereocenters. The minimum absolute atomic E-state index is 0.0263. The predicted molar refractivity (Wildman–Crippen MR) is 131 cm³/mol. The molecule has 4 rings (SSSR count). The number of nitrogen functional groups attached to an aromatic ring is 1. The third-order valence-electron chi connectivity index (χ3n) is 6.04. The average Bonchev–Trinajstić information content (AvgIpc) is 3.20. The number of nitriles is 1. The number of ether oxygens (including phenoxy) is 1. The Morgan fingerprint density at radius 2 is 1.50 bits per heavy atom. The maximum absolute atomic E-state index is 12.6. The van der Waals surface area contributed by atoms with Crippen molar-refractivity contribution < 1.29 is 14.6 Å². The highest BCUT2D eigenvalue weighted by Crippen LogP contribution is 2.41. The van der Waals surface area contributed by atoms with Gasteiger partial charge < -0.3 is 20.1 Å². The van der Waals surface area contributed by atoms with Crippen LogP contribution < -0.4 is 5.73 Å². The van der Waals surface area contributed by atoms with Crippen LogP contribution >= 0.6 is 0 Å². The zero-order valence-corrected chi connectivity index (χ0v) is 19.2. The fourth-order valence-corrected chi connectivity index (χ4v) is 4.16. The quantitative estimate of drug-likeness (QED) is 0.341. The summed E-state index contributed by atoms with van der Waals surface area (Å²) >= 11 is 0. The third kappa shape index (κ3) is 3.72. The summed E-state index contributed by atoms with van der Waals surface area (Å²) in [5.41, 5.74) is 9.25. The Hall–Kier alpha value is -4.34. The number of nitrogens with zero attached hydrogens (tertiary/aromatic N) is 2. The number of benzene rings is 3. The number of aromatic nitrogens is 1. The lowest BCUT2D eigenvalue weighted by Crippen LogP contribution is -2.30. The summed E-state index contributed by atoms with van der Waals surface area (Å²) in [7, 11) is 1.26. The number of hydrogen-bond donors (Lipinski definition) is 2. The van der Waals surface area contributed by atoms with E-state index in [2.05, 4.69) is 0 Å². The van der Waals surface area contributed by atoms with Crippen LogP contribution in [-0.4, -0.2) is 22.8 Å². The van der Waals surface area contributed by atoms with Gasteiger partial charge in [-0.05, 0) is 31.0 Å². The highest BCUT2D eigenvalue weighted by Gasteiger charge is 2.37. The molecule has 1 heterocycles. The minimum atomic E-state index is -1.56. The number of hydrogen-bond acceptors (Lipinski definition) is 5. The lowest BCUT2D eigenvalue weighted by Gasteiger charge is -2.32. The van der Waals surface area contributed by atoms with Crippen molar-refractivity contribution in [3.63, 3.8) is 0 Å². The predicted octanol–water partition coefficient (Wildman–Crippen LogP) is 4.62. The molecule has 0 amide bonds. The van der Waals surface area contributed by atoms with Gasteiger partial charge in [-0.1, -0.05) is 77.9 Å². The lowest BCUT2D eigenvalue weighted by molar-refractivity contribution is 0.0592. The smallest absolute Gasteiger partial charge is 0.357 e. The molecule has 6 nitrogen and oxygen atoms in total. The maximum atomic E-state index is 12.6. The molecule has 4 aromatic rings. The molecule has 3 N–H and O–H groups in total. The molecule has 0 spiro atoms. The van der Waals surface area contributed by atoms with Crippen LogP contribution in [0.25, 0.3) is 5.69 Å². The van der Waals surface area contributed by atoms with Crippen molar-refractivity contribution in [3.05, 3.63) is 118 Å². The second-order valence-electron chi connectivity index (χ2n) is 8.24. The minimum Gasteiger partial charge on any atom is -0.464 e. The van der Waals surface area contributed by atoms with Crippen LogP contribution in [0.5, 0.6) is 0 Å². The lowest BCUT2D eigenvalue weighted by atomic mass is 9.79. The fourth-order valence-electron chi connectivity index (χ4n) is 4.16. The van der Waals surface area contributed by atoms with Gasteiger partial charge in [-0.25, -0.2) is 4.79 Å². The number of nitrogens with two attached hydrogens (primary N) is 1. The summed E-state index contributed by atoms with van der Waals surface area (Å²) in [6, 6.07) is 24.5. The van der Waals surface area contributed by atoms with Gasteiger partial charge in [-0.3, -0.25) is 0 Å². The van der Waals surface area contributed by atoms with E-state index in [1.54, 1.807) is 18.2 Å². The second-order valence-corrected chi connectivity index (χ2v) is 8.24. The molecule has 0 aliphatic carbocycles. The van der Waals surface area contributed by atoms with Gasteiger partial charge in [0.15, 0.2) is 5.69 Å². The molecule has 0 radical (unpaired) electrons. The average molecular weight is 452 g/mol. The van der Waals surface area contributed by atoms with Gasteiger partial charge in [-0.2, -0.15) is 5.26 Å². The topological polar surface area (TPSA) is 101 Å². The van der Waals surface area contributed by atoms with Crippen LogP contribution in [0.2, 0.25) is 0 Å². The number of esters is 1. The van der Waals surface area contributed by atoms with Gasteiger partial charge in [0, 0.05) is 11.8 Å². The zero-order valence-electron chi connectivity index (χ0n) is 19.2. The first-order chi connectivity index (χ1) is 16.3. The Balaban J connectivity index is 2.06. The van der Waals surface area contributed by atoms with E-state index in [9.17, 15) is 15.2 Å². The number of methoxy groups -OCH3 is 1. The van der Waals surface area contributed by atoms with E-state index in [0.29, 0.717) is 22.4 Å². The van der Waals surface area contributed by atoms with Gasteiger partial charge in [0.2, 0.25) is 0 Å². The van der Waals surface area contributed by atoms with E-state index in [0.717, 1.165) is 11.1 Å². The van der Waals surface area contributed by atoms with Crippen molar-refractivity contribution in [1.29, 1.82) is 5.26 Å². The molecular weight excluding hydrogens is 426 g/mol. The van der Waals surface area contributed by atoms with E-state index >= 15 is 0 Å². The summed E-state index contributed by atoms with van der Waals surface area (Å²) in [6.45, 7) is 3.97. The summed E-state index contributed by atoms with van der Waals surface area (Å²) in [5.74, 6) is -0.678. The fraction of sp³-hybridized carbons (Fsp3) is 0.143. The molecule has 6 heteroatoms. The van der Waals surface area contributed by atoms with Gasteiger partial charge in [0.05, 0.1) is 24.0 Å². The number of anilines is 1. The number of rotatable bonds is 5. The van der Waals surface area contributed by atoms with Crippen LogP contribution in [0.1, 0.15) is 43.9 Å². The highest BCUT2D eigenvalue weighted by atomic mass is 16.5. The monoisotopic (exact) mass is 451 g/mol. The van der Waals surface area contributed by atoms with Crippen LogP contribution in [0.3, 0.4) is 0 Å². The molecule has 0 fully saturated rings. The summed E-state index contributed by atoms with van der Waals surface area (Å²) in [4.78, 5) is 12.6. The van der Waals surface area contributed by atoms with Crippen LogP contribution in [-0.2, 0) is 10.3 Å². The first-order valence-electron chi connectivity index (χ1n) is 10.8. The molecule has 0 aliphatic heterocycles. The SMILES string of the molecule is COC(=O)c1c(N)c(C#N)cn1-c1ccccc1C(O)(c1ccc(C)cc1)c1ccc(C)cc1. The number of para-hydroxylation sites is 1. The number of carbonyl (C=O) groups is 1. The molecule has 0 bridgehead atoms. The molecule has 170 valence electrons. The molecule has 0 unspecified atom stereocenters. The maximum Gasteiger partial charge on any atom is 0.357 e. The molecule has 34 heavy (non-hydrogen) atoms. The van der Waals surface area contributed by atoms with Crippen molar-refractivity contribution in [3.8, 4) is 11.8 Å². The summed E-state index contributed by atoms with van der Waals surface area (Å²) in [5, 5.41) is 22.0. The Bertz CT molecular complexity index is 1350. The van der Waals surface area contributed by atoms with Crippen molar-refractivity contribution in [1.82, 2.24) is 4.57 Å². The van der Waals surface area contributed by atoms with Gasteiger partial charge in [0.25, 0.3) is 0 Å². The van der Waals surface area contributed by atoms with E-state index in [1.165, 1.54) is 17.9 Å². The highest BCUT2D eigenvalue weighted by molar-refractivity contribution is 5.96. The molecular formula is C28H25N3O3. The van der Waals surface area contributed by atoms with Crippen molar-refractivity contribution >= 4 is 11.7 Å². The number of aliphatic hydroxyl groups is 1. The number of carbonyl (C=O) groups excluding carboxylic acids is 1. The summed E-state index contributed by atoms with van der Waals surface area (Å²) in [6.07, 6.45) is 1.49. The Kier molecular flexibility index (Phi) is 5.97. The first kappa shape index (κ1) is 22.8. The largest absolute Gasteiger partial charge is 0.464 e. The molecule has 0 aliphatic rings. The molecule has 3 aromatic carbocycles. The van der Waals surface area contributed by atoms with Crippen molar-refractivity contribution in [2.75, 3.05) is 12.8 Å². The van der Waals surface area contributed by atoms with Gasteiger partial charge in [0.1, 0.15) is 11.7 Å². The Labute approximate surface area is 198 Å². The van der Waals surface area contributed by atoms with Crippen molar-refractivity contribution in [2.24, 2.45) is 0 Å². The molecule has 0 saturated heterocycles. The second kappa shape index (κ2) is 8.89. The first-order valence-corrected chi connectivity index (χ1v) is 10.8. The summed E-state index contributed by atoms with van der Waals surface area (Å²) < 4.78 is 6.46. The molecule has 1 aromatic heterocycles. The number of aryl methyl sites for hydroxylation is 2. The van der Waals surface area contributed by atoms with Crippen LogP contribution in [0.15, 0.2) is 79.0 Å². The van der Waals surface area contributed by atoms with Gasteiger partial charge >= 0.3 is 5.97 Å². The molecule has 0 saturated carbocycles. The third-order valence-corrected chi connectivity index (χ3v) is 6.04. The zero-order chi connectivity index (χ0) is 24.5. The Morgan fingerprint density at radius 3 is 2.00 bits per heavy atom. The Morgan fingerprint density at radius 1 is 0.971 bits per heavy atom. The van der Waals surface area contributed by atoms with Crippen LogP contribution in [0.4, 0.5) is 5.69 Å². The van der Waals surface area contributed by atoms with E-state index < -0.39 is 11.6 Å². The normalized spacial score (nSPS) is 11.1.